The maximum atomic E-state index is 12.5. The first-order chi connectivity index (χ1) is 14.1. The molecule has 0 aromatic heterocycles. The van der Waals surface area contributed by atoms with Crippen molar-refractivity contribution >= 4 is 33.0 Å². The van der Waals surface area contributed by atoms with Gasteiger partial charge in [-0.3, -0.25) is 9.52 Å². The quantitative estimate of drug-likeness (QED) is 0.705. The Labute approximate surface area is 179 Å². The zero-order valence-corrected chi connectivity index (χ0v) is 18.9. The summed E-state index contributed by atoms with van der Waals surface area (Å²) in [5.74, 6) is 1.13. The summed E-state index contributed by atoms with van der Waals surface area (Å²) in [4.78, 5) is 14.9. The van der Waals surface area contributed by atoms with Gasteiger partial charge in [-0.25, -0.2) is 8.42 Å². The fourth-order valence-electron chi connectivity index (χ4n) is 3.80. The van der Waals surface area contributed by atoms with Crippen molar-refractivity contribution in [3.05, 3.63) is 54.1 Å². The molecule has 0 aliphatic carbocycles. The molecule has 2 atom stereocenters. The SMILES string of the molecule is CC1CC(C)CN(c2ccc(NC(=O)c3ccc(NS(=O)(=O)C(C)C)cc3)cc2)C1. The van der Waals surface area contributed by atoms with Crippen molar-refractivity contribution in [1.29, 1.82) is 0 Å². The molecule has 2 unspecified atom stereocenters. The molecule has 1 amide bonds. The van der Waals surface area contributed by atoms with Gasteiger partial charge in [-0.15, -0.1) is 0 Å². The molecule has 2 aromatic carbocycles. The van der Waals surface area contributed by atoms with Gasteiger partial charge in [0.1, 0.15) is 0 Å². The van der Waals surface area contributed by atoms with Gasteiger partial charge in [0.15, 0.2) is 0 Å². The number of rotatable bonds is 6. The molecule has 30 heavy (non-hydrogen) atoms. The first-order valence-electron chi connectivity index (χ1n) is 10.4. The number of carbonyl (C=O) groups excluding carboxylic acids is 1. The predicted molar refractivity (Wildman–Crippen MR) is 124 cm³/mol. The second-order valence-electron chi connectivity index (χ2n) is 8.63. The van der Waals surface area contributed by atoms with Crippen LogP contribution in [0.25, 0.3) is 0 Å². The Balaban J connectivity index is 1.62. The summed E-state index contributed by atoms with van der Waals surface area (Å²) in [5, 5.41) is 2.37. The highest BCUT2D eigenvalue weighted by Crippen LogP contribution is 2.27. The molecule has 1 aliphatic rings. The van der Waals surface area contributed by atoms with Gasteiger partial charge < -0.3 is 10.2 Å². The van der Waals surface area contributed by atoms with Crippen molar-refractivity contribution in [3.63, 3.8) is 0 Å². The monoisotopic (exact) mass is 429 g/mol. The normalized spacial score (nSPS) is 19.6. The number of anilines is 3. The van der Waals surface area contributed by atoms with Crippen molar-refractivity contribution < 1.29 is 13.2 Å². The second-order valence-corrected chi connectivity index (χ2v) is 10.9. The molecule has 162 valence electrons. The van der Waals surface area contributed by atoms with Gasteiger partial charge >= 0.3 is 0 Å². The Hall–Kier alpha value is -2.54. The van der Waals surface area contributed by atoms with Gasteiger partial charge in [0, 0.05) is 35.7 Å². The highest BCUT2D eigenvalue weighted by atomic mass is 32.2. The van der Waals surface area contributed by atoms with E-state index in [4.69, 9.17) is 0 Å². The number of amides is 1. The third-order valence-corrected chi connectivity index (χ3v) is 7.15. The van der Waals surface area contributed by atoms with Crippen LogP contribution in [-0.2, 0) is 10.0 Å². The summed E-state index contributed by atoms with van der Waals surface area (Å²) in [6.45, 7) is 9.92. The lowest BCUT2D eigenvalue weighted by Crippen LogP contribution is -2.38. The Morgan fingerprint density at radius 2 is 1.47 bits per heavy atom. The van der Waals surface area contributed by atoms with Crippen molar-refractivity contribution in [1.82, 2.24) is 0 Å². The minimum absolute atomic E-state index is 0.235. The first kappa shape index (κ1) is 22.2. The fraction of sp³-hybridized carbons (Fsp3) is 0.435. The van der Waals surface area contributed by atoms with Gasteiger partial charge in [-0.1, -0.05) is 13.8 Å². The highest BCUT2D eigenvalue weighted by Gasteiger charge is 2.22. The molecule has 2 N–H and O–H groups in total. The number of hydrogen-bond donors (Lipinski definition) is 2. The van der Waals surface area contributed by atoms with E-state index >= 15 is 0 Å². The molecule has 1 fully saturated rings. The van der Waals surface area contributed by atoms with Crippen molar-refractivity contribution in [2.24, 2.45) is 11.8 Å². The van der Waals surface area contributed by atoms with Crippen LogP contribution in [-0.4, -0.2) is 32.7 Å². The minimum atomic E-state index is -3.41. The molecule has 0 spiro atoms. The number of carbonyl (C=O) groups is 1. The first-order valence-corrected chi connectivity index (χ1v) is 12.0. The molecular formula is C23H31N3O3S. The zero-order valence-electron chi connectivity index (χ0n) is 18.1. The molecule has 2 aromatic rings. The van der Waals surface area contributed by atoms with E-state index in [9.17, 15) is 13.2 Å². The molecule has 1 saturated heterocycles. The van der Waals surface area contributed by atoms with Crippen LogP contribution in [0.2, 0.25) is 0 Å². The zero-order chi connectivity index (χ0) is 21.9. The molecule has 3 rings (SSSR count). The summed E-state index contributed by atoms with van der Waals surface area (Å²) in [6.07, 6.45) is 1.27. The summed E-state index contributed by atoms with van der Waals surface area (Å²) >= 11 is 0. The standard InChI is InChI=1S/C23H31N3O3S/c1-16(2)30(28,29)25-21-7-5-19(6-8-21)23(27)24-20-9-11-22(12-10-20)26-14-17(3)13-18(4)15-26/h5-12,16-18,25H,13-15H2,1-4H3,(H,24,27). The number of sulfonamides is 1. The third-order valence-electron chi connectivity index (χ3n) is 5.39. The van der Waals surface area contributed by atoms with E-state index in [0.29, 0.717) is 23.1 Å². The smallest absolute Gasteiger partial charge is 0.255 e. The highest BCUT2D eigenvalue weighted by molar-refractivity contribution is 7.93. The predicted octanol–water partition coefficient (Wildman–Crippen LogP) is 4.57. The molecule has 0 saturated carbocycles. The Kier molecular flexibility index (Phi) is 6.71. The van der Waals surface area contributed by atoms with Crippen LogP contribution in [0.4, 0.5) is 17.1 Å². The van der Waals surface area contributed by atoms with Crippen molar-refractivity contribution in [2.75, 3.05) is 28.0 Å². The van der Waals surface area contributed by atoms with Crippen molar-refractivity contribution in [2.45, 2.75) is 39.4 Å². The maximum absolute atomic E-state index is 12.5. The summed E-state index contributed by atoms with van der Waals surface area (Å²) in [7, 11) is -3.41. The van der Waals surface area contributed by atoms with Crippen LogP contribution >= 0.6 is 0 Å². The lowest BCUT2D eigenvalue weighted by Gasteiger charge is -2.36. The Morgan fingerprint density at radius 1 is 0.933 bits per heavy atom. The van der Waals surface area contributed by atoms with E-state index in [-0.39, 0.29) is 5.91 Å². The van der Waals surface area contributed by atoms with Crippen molar-refractivity contribution in [3.8, 4) is 0 Å². The number of benzene rings is 2. The summed E-state index contributed by atoms with van der Waals surface area (Å²) in [6, 6.07) is 14.3. The van der Waals surface area contributed by atoms with Crippen LogP contribution in [0, 0.1) is 11.8 Å². The number of nitrogens with zero attached hydrogens (tertiary/aromatic N) is 1. The molecule has 1 aliphatic heterocycles. The molecule has 0 radical (unpaired) electrons. The average molecular weight is 430 g/mol. The molecule has 1 heterocycles. The van der Waals surface area contributed by atoms with E-state index in [1.165, 1.54) is 12.1 Å². The largest absolute Gasteiger partial charge is 0.371 e. The lowest BCUT2D eigenvalue weighted by molar-refractivity contribution is 0.102. The Bertz CT molecular complexity index is 960. The van der Waals surface area contributed by atoms with E-state index in [1.807, 2.05) is 24.3 Å². The second kappa shape index (κ2) is 9.08. The van der Waals surface area contributed by atoms with Crippen LogP contribution in [0.1, 0.15) is 44.5 Å². The molecule has 7 heteroatoms. The van der Waals surface area contributed by atoms with E-state index in [1.54, 1.807) is 38.1 Å². The van der Waals surface area contributed by atoms with Gasteiger partial charge in [-0.2, -0.15) is 0 Å². The van der Waals surface area contributed by atoms with E-state index in [0.717, 1.165) is 18.8 Å². The molecule has 6 nitrogen and oxygen atoms in total. The molecular weight excluding hydrogens is 398 g/mol. The summed E-state index contributed by atoms with van der Waals surface area (Å²) in [5.41, 5.74) is 2.81. The van der Waals surface area contributed by atoms with Gasteiger partial charge in [-0.05, 0) is 80.6 Å². The van der Waals surface area contributed by atoms with Gasteiger partial charge in [0.25, 0.3) is 5.91 Å². The van der Waals surface area contributed by atoms with Crippen LogP contribution in [0.5, 0.6) is 0 Å². The van der Waals surface area contributed by atoms with Gasteiger partial charge in [0.05, 0.1) is 5.25 Å². The lowest BCUT2D eigenvalue weighted by atomic mass is 9.91. The molecule has 0 bridgehead atoms. The number of nitrogens with one attached hydrogen (secondary N) is 2. The van der Waals surface area contributed by atoms with Crippen LogP contribution in [0.15, 0.2) is 48.5 Å². The fourth-order valence-corrected chi connectivity index (χ4v) is 4.50. The average Bonchev–Trinajstić information content (AvgIpc) is 2.68. The van der Waals surface area contributed by atoms with E-state index in [2.05, 4.69) is 28.8 Å². The third kappa shape index (κ3) is 5.53. The maximum Gasteiger partial charge on any atom is 0.255 e. The van der Waals surface area contributed by atoms with Crippen LogP contribution in [0.3, 0.4) is 0 Å². The van der Waals surface area contributed by atoms with Gasteiger partial charge in [0.2, 0.25) is 10.0 Å². The number of hydrogen-bond acceptors (Lipinski definition) is 4. The summed E-state index contributed by atoms with van der Waals surface area (Å²) < 4.78 is 26.4. The number of piperidine rings is 1. The minimum Gasteiger partial charge on any atom is -0.371 e. The van der Waals surface area contributed by atoms with E-state index < -0.39 is 15.3 Å². The Morgan fingerprint density at radius 3 is 2.00 bits per heavy atom. The van der Waals surface area contributed by atoms with Crippen LogP contribution < -0.4 is 14.9 Å². The topological polar surface area (TPSA) is 78.5 Å².